The zero-order valence-corrected chi connectivity index (χ0v) is 22.3. The van der Waals surface area contributed by atoms with E-state index in [0.29, 0.717) is 22.6 Å². The van der Waals surface area contributed by atoms with E-state index in [1.165, 1.54) is 51.7 Å². The first-order valence-electron chi connectivity index (χ1n) is 13.0. The molecule has 5 nitrogen and oxygen atoms in total. The van der Waals surface area contributed by atoms with Gasteiger partial charge in [0.05, 0.1) is 0 Å². The molecule has 3 aromatic rings. The number of ether oxygens (including phenoxy) is 1. The smallest absolute Gasteiger partial charge is 0.235 e. The molecular formula is C30H35FN4OS. The molecule has 1 aliphatic carbocycles. The molecule has 1 aliphatic rings. The third-order valence-electron chi connectivity index (χ3n) is 6.84. The van der Waals surface area contributed by atoms with Crippen LogP contribution < -0.4 is 15.4 Å². The number of hydrogen-bond donors (Lipinski definition) is 3. The van der Waals surface area contributed by atoms with Gasteiger partial charge in [0, 0.05) is 48.1 Å². The topological polar surface area (TPSA) is 70.0 Å². The average Bonchev–Trinajstić information content (AvgIpc) is 2.87. The lowest BCUT2D eigenvalue weighted by Crippen LogP contribution is -2.26. The highest BCUT2D eigenvalue weighted by molar-refractivity contribution is 7.81. The van der Waals surface area contributed by atoms with Crippen molar-refractivity contribution >= 4 is 45.6 Å². The summed E-state index contributed by atoms with van der Waals surface area (Å²) in [5.74, 6) is 1.92. The quantitative estimate of drug-likeness (QED) is 0.211. The molecular weight excluding hydrogens is 483 g/mol. The van der Waals surface area contributed by atoms with Gasteiger partial charge in [-0.25, -0.2) is 9.37 Å². The Bertz CT molecular complexity index is 1250. The molecule has 0 bridgehead atoms. The van der Waals surface area contributed by atoms with Gasteiger partial charge in [0.2, 0.25) is 6.36 Å². The number of pyridine rings is 1. The molecule has 1 atom stereocenters. The van der Waals surface area contributed by atoms with Crippen LogP contribution in [0.15, 0.2) is 60.9 Å². The summed E-state index contributed by atoms with van der Waals surface area (Å²) < 4.78 is 18.1. The van der Waals surface area contributed by atoms with Crippen LogP contribution in [0.2, 0.25) is 0 Å². The fourth-order valence-electron chi connectivity index (χ4n) is 4.75. The van der Waals surface area contributed by atoms with Crippen molar-refractivity contribution < 1.29 is 9.13 Å². The molecule has 1 fully saturated rings. The van der Waals surface area contributed by atoms with Crippen molar-refractivity contribution in [1.82, 2.24) is 10.3 Å². The lowest BCUT2D eigenvalue weighted by Gasteiger charge is -2.23. The second-order valence-corrected chi connectivity index (χ2v) is 10.3. The summed E-state index contributed by atoms with van der Waals surface area (Å²) in [7, 11) is 0. The molecule has 0 amide bonds. The van der Waals surface area contributed by atoms with E-state index in [4.69, 9.17) is 22.4 Å². The monoisotopic (exact) mass is 518 g/mol. The Morgan fingerprint density at radius 1 is 1.05 bits per heavy atom. The molecule has 3 N–H and O–H groups in total. The van der Waals surface area contributed by atoms with E-state index in [1.54, 1.807) is 24.3 Å². The highest BCUT2D eigenvalue weighted by atomic mass is 32.1. The van der Waals surface area contributed by atoms with Crippen molar-refractivity contribution in [2.45, 2.75) is 64.8 Å². The van der Waals surface area contributed by atoms with Gasteiger partial charge in [-0.2, -0.15) is 0 Å². The summed E-state index contributed by atoms with van der Waals surface area (Å²) in [4.78, 5) is 5.01. The van der Waals surface area contributed by atoms with Gasteiger partial charge in [-0.1, -0.05) is 57.0 Å². The number of nitrogens with zero attached hydrogens (tertiary/aromatic N) is 1. The Hall–Kier alpha value is -3.32. The number of alkyl halides is 1. The molecule has 4 rings (SSSR count). The van der Waals surface area contributed by atoms with Crippen LogP contribution in [0.3, 0.4) is 0 Å². The molecule has 0 radical (unpaired) electrons. The minimum atomic E-state index is -1.37. The number of allylic oxidation sites excluding steroid dienone is 1. The van der Waals surface area contributed by atoms with Crippen LogP contribution in [-0.2, 0) is 0 Å². The van der Waals surface area contributed by atoms with Crippen LogP contribution in [-0.4, -0.2) is 28.6 Å². The van der Waals surface area contributed by atoms with Gasteiger partial charge >= 0.3 is 0 Å². The molecule has 2 aromatic carbocycles. The van der Waals surface area contributed by atoms with Crippen molar-refractivity contribution in [2.24, 2.45) is 5.92 Å². The zero-order valence-electron chi connectivity index (χ0n) is 21.5. The predicted molar refractivity (Wildman–Crippen MR) is 155 cm³/mol. The fourth-order valence-corrected chi connectivity index (χ4v) is 4.99. The molecule has 7 heteroatoms. The van der Waals surface area contributed by atoms with Crippen molar-refractivity contribution in [1.29, 1.82) is 5.41 Å². The van der Waals surface area contributed by atoms with E-state index < -0.39 is 6.36 Å². The summed E-state index contributed by atoms with van der Waals surface area (Å²) in [5.41, 5.74) is 2.62. The van der Waals surface area contributed by atoms with Gasteiger partial charge in [-0.05, 0) is 66.1 Å². The molecule has 1 unspecified atom stereocenters. The van der Waals surface area contributed by atoms with Crippen LogP contribution in [0, 0.1) is 11.3 Å². The zero-order chi connectivity index (χ0) is 26.2. The Morgan fingerprint density at radius 2 is 1.76 bits per heavy atom. The summed E-state index contributed by atoms with van der Waals surface area (Å²) in [6.45, 7) is 3.70. The minimum absolute atomic E-state index is 0.451. The molecule has 194 valence electrons. The number of nitrogens with one attached hydrogen (secondary N) is 3. The maximum absolute atomic E-state index is 13.0. The summed E-state index contributed by atoms with van der Waals surface area (Å²) in [5, 5.41) is 16.8. The Labute approximate surface area is 224 Å². The second-order valence-electron chi connectivity index (χ2n) is 9.85. The molecule has 0 saturated heterocycles. The number of thiocarbonyl (C=S) groups is 1. The lowest BCUT2D eigenvalue weighted by molar-refractivity contribution is 0.0860. The number of aromatic nitrogens is 1. The van der Waals surface area contributed by atoms with Gasteiger partial charge in [-0.15, -0.1) is 0 Å². The van der Waals surface area contributed by atoms with Crippen molar-refractivity contribution in [3.8, 4) is 5.75 Å². The first kappa shape index (κ1) is 26.7. The number of hydrogen-bond acceptors (Lipinski definition) is 5. The summed E-state index contributed by atoms with van der Waals surface area (Å²) in [6, 6.07) is 15.5. The molecule has 1 saturated carbocycles. The predicted octanol–water partition coefficient (Wildman–Crippen LogP) is 7.66. The maximum atomic E-state index is 13.0. The number of benzene rings is 2. The standard InChI is InChI=1S/C30H35FN4OS/c1-20-5-3-7-27(8-4-6-20)33-19-26(17-32)23-9-10-24-18-34-29(16-25(24)15-23)35-30(37)22-11-13-28(14-12-22)36-21(2)31/h9-21,27,32-33H,3-8H2,1-2H3,(H,34,35,37)/b26-19+,32-17?. The molecule has 37 heavy (non-hydrogen) atoms. The summed E-state index contributed by atoms with van der Waals surface area (Å²) in [6.07, 6.45) is 11.3. The van der Waals surface area contributed by atoms with E-state index >= 15 is 0 Å². The third kappa shape index (κ3) is 7.59. The van der Waals surface area contributed by atoms with E-state index in [2.05, 4.69) is 28.6 Å². The van der Waals surface area contributed by atoms with Gasteiger partial charge < -0.3 is 20.8 Å². The van der Waals surface area contributed by atoms with Crippen LogP contribution in [0.25, 0.3) is 16.3 Å². The van der Waals surface area contributed by atoms with Crippen LogP contribution in [0.1, 0.15) is 63.5 Å². The average molecular weight is 519 g/mol. The molecule has 1 aromatic heterocycles. The van der Waals surface area contributed by atoms with E-state index in [-0.39, 0.29) is 0 Å². The van der Waals surface area contributed by atoms with Crippen LogP contribution >= 0.6 is 12.2 Å². The van der Waals surface area contributed by atoms with Gasteiger partial charge in [-0.3, -0.25) is 0 Å². The lowest BCUT2D eigenvalue weighted by atomic mass is 9.90. The first-order valence-corrected chi connectivity index (χ1v) is 13.4. The minimum Gasteiger partial charge on any atom is -0.461 e. The number of fused-ring (bicyclic) bond motifs is 1. The maximum Gasteiger partial charge on any atom is 0.235 e. The van der Waals surface area contributed by atoms with E-state index in [0.717, 1.165) is 33.4 Å². The number of anilines is 1. The molecule has 1 heterocycles. The van der Waals surface area contributed by atoms with Gasteiger partial charge in [0.25, 0.3) is 0 Å². The Balaban J connectivity index is 1.46. The summed E-state index contributed by atoms with van der Waals surface area (Å²) >= 11 is 5.55. The van der Waals surface area contributed by atoms with Gasteiger partial charge in [0.1, 0.15) is 16.6 Å². The Kier molecular flexibility index (Phi) is 9.23. The first-order chi connectivity index (χ1) is 17.9. The van der Waals surface area contributed by atoms with E-state index in [1.807, 2.05) is 30.6 Å². The van der Waals surface area contributed by atoms with Crippen molar-refractivity contribution in [3.63, 3.8) is 0 Å². The number of rotatable bonds is 8. The Morgan fingerprint density at radius 3 is 2.43 bits per heavy atom. The van der Waals surface area contributed by atoms with E-state index in [9.17, 15) is 4.39 Å². The largest absolute Gasteiger partial charge is 0.461 e. The molecule has 0 aliphatic heterocycles. The number of halogens is 1. The highest BCUT2D eigenvalue weighted by Gasteiger charge is 2.14. The van der Waals surface area contributed by atoms with Crippen molar-refractivity contribution in [2.75, 3.05) is 5.32 Å². The van der Waals surface area contributed by atoms with Gasteiger partial charge in [0.15, 0.2) is 0 Å². The van der Waals surface area contributed by atoms with Crippen LogP contribution in [0.5, 0.6) is 5.75 Å². The SMILES string of the molecule is CC1CCCC(N/C=C(\C=N)c2ccc3cnc(NC(=S)c4ccc(OC(C)F)cc4)cc3c2)CCC1. The highest BCUT2D eigenvalue weighted by Crippen LogP contribution is 2.25. The van der Waals surface area contributed by atoms with Crippen LogP contribution in [0.4, 0.5) is 10.2 Å². The molecule has 0 spiro atoms. The normalized spacial score (nSPS) is 19.4. The van der Waals surface area contributed by atoms with Crippen molar-refractivity contribution in [3.05, 3.63) is 72.1 Å². The third-order valence-corrected chi connectivity index (χ3v) is 7.18. The second kappa shape index (κ2) is 12.8. The fraction of sp³-hybridized carbons (Fsp3) is 0.367.